The second kappa shape index (κ2) is 6.12. The molecule has 0 aliphatic heterocycles. The lowest BCUT2D eigenvalue weighted by atomic mass is 9.87. The summed E-state index contributed by atoms with van der Waals surface area (Å²) in [6.45, 7) is 10.0. The third kappa shape index (κ3) is 3.76. The van der Waals surface area contributed by atoms with Crippen LogP contribution in [0, 0.1) is 0 Å². The van der Waals surface area contributed by atoms with E-state index in [2.05, 4.69) is 60.2 Å². The lowest BCUT2D eigenvalue weighted by molar-refractivity contribution is 0.415. The van der Waals surface area contributed by atoms with Crippen molar-refractivity contribution in [2.24, 2.45) is 0 Å². The van der Waals surface area contributed by atoms with Crippen LogP contribution in [0.5, 0.6) is 0 Å². The maximum Gasteiger partial charge on any atom is 0.209 e. The Kier molecular flexibility index (Phi) is 4.17. The average molecular weight is 313 g/mol. The Morgan fingerprint density at radius 2 is 2.13 bits per heavy atom. The molecule has 6 heteroatoms. The molecular formula is C17H23N5O. The van der Waals surface area contributed by atoms with E-state index in [1.54, 1.807) is 17.3 Å². The van der Waals surface area contributed by atoms with E-state index in [9.17, 15) is 0 Å². The summed E-state index contributed by atoms with van der Waals surface area (Å²) in [6.07, 6.45) is 3.26. The maximum absolute atomic E-state index is 5.81. The number of benzene rings is 1. The van der Waals surface area contributed by atoms with Crippen LogP contribution >= 0.6 is 0 Å². The number of oxazole rings is 1. The zero-order chi connectivity index (χ0) is 16.4. The molecule has 3 rings (SSSR count). The molecule has 23 heavy (non-hydrogen) atoms. The van der Waals surface area contributed by atoms with Crippen molar-refractivity contribution >= 4 is 11.1 Å². The molecule has 122 valence electrons. The summed E-state index contributed by atoms with van der Waals surface area (Å²) < 4.78 is 7.62. The van der Waals surface area contributed by atoms with Crippen LogP contribution in [0.25, 0.3) is 11.1 Å². The van der Waals surface area contributed by atoms with Gasteiger partial charge in [0.2, 0.25) is 5.89 Å². The van der Waals surface area contributed by atoms with Crippen LogP contribution in [0.2, 0.25) is 0 Å². The number of fused-ring (bicyclic) bond motifs is 1. The van der Waals surface area contributed by atoms with Gasteiger partial charge in [0.05, 0.1) is 13.1 Å². The van der Waals surface area contributed by atoms with Crippen molar-refractivity contribution in [3.05, 3.63) is 42.3 Å². The summed E-state index contributed by atoms with van der Waals surface area (Å²) in [6, 6.07) is 6.47. The number of aromatic nitrogens is 4. The number of rotatable bonds is 5. The molecule has 0 radical (unpaired) electrons. The molecule has 2 aromatic heterocycles. The number of nitrogens with zero attached hydrogens (tertiary/aromatic N) is 4. The van der Waals surface area contributed by atoms with Crippen molar-refractivity contribution in [3.8, 4) is 0 Å². The van der Waals surface area contributed by atoms with Crippen LogP contribution in [0.4, 0.5) is 0 Å². The van der Waals surface area contributed by atoms with Gasteiger partial charge in [-0.25, -0.2) is 9.97 Å². The number of hydrogen-bond acceptors (Lipinski definition) is 5. The fraction of sp³-hybridized carbons (Fsp3) is 0.471. The van der Waals surface area contributed by atoms with Gasteiger partial charge in [-0.05, 0) is 30.0 Å². The minimum absolute atomic E-state index is 0.109. The fourth-order valence-corrected chi connectivity index (χ4v) is 2.45. The molecule has 1 aromatic carbocycles. The molecular weight excluding hydrogens is 290 g/mol. The van der Waals surface area contributed by atoms with Crippen LogP contribution in [0.3, 0.4) is 0 Å². The molecule has 3 aromatic rings. The average Bonchev–Trinajstić information content (AvgIpc) is 3.11. The van der Waals surface area contributed by atoms with Crippen LogP contribution < -0.4 is 5.32 Å². The molecule has 0 saturated heterocycles. The Labute approximate surface area is 135 Å². The Morgan fingerprint density at radius 3 is 2.83 bits per heavy atom. The Hall–Kier alpha value is -2.21. The smallest absolute Gasteiger partial charge is 0.209 e. The lowest BCUT2D eigenvalue weighted by Gasteiger charge is -2.18. The van der Waals surface area contributed by atoms with Gasteiger partial charge in [-0.15, -0.1) is 0 Å². The van der Waals surface area contributed by atoms with E-state index in [4.69, 9.17) is 4.42 Å². The predicted molar refractivity (Wildman–Crippen MR) is 89.0 cm³/mol. The maximum atomic E-state index is 5.81. The second-order valence-corrected chi connectivity index (χ2v) is 6.94. The SMILES string of the molecule is C[C@@H](Cn1cncn1)NCc1nc2cc(C(C)(C)C)ccc2o1. The van der Waals surface area contributed by atoms with Crippen molar-refractivity contribution in [1.82, 2.24) is 25.1 Å². The highest BCUT2D eigenvalue weighted by molar-refractivity contribution is 5.73. The molecule has 2 heterocycles. The highest BCUT2D eigenvalue weighted by Crippen LogP contribution is 2.26. The van der Waals surface area contributed by atoms with Gasteiger partial charge in [-0.2, -0.15) is 5.10 Å². The zero-order valence-corrected chi connectivity index (χ0v) is 14.1. The molecule has 0 bridgehead atoms. The van der Waals surface area contributed by atoms with Gasteiger partial charge < -0.3 is 9.73 Å². The van der Waals surface area contributed by atoms with Crippen LogP contribution in [0.15, 0.2) is 35.3 Å². The van der Waals surface area contributed by atoms with Gasteiger partial charge in [0.1, 0.15) is 18.2 Å². The van der Waals surface area contributed by atoms with Gasteiger partial charge in [-0.1, -0.05) is 26.8 Å². The minimum Gasteiger partial charge on any atom is -0.439 e. The van der Waals surface area contributed by atoms with Crippen molar-refractivity contribution < 1.29 is 4.42 Å². The third-order valence-corrected chi connectivity index (χ3v) is 3.83. The quantitative estimate of drug-likeness (QED) is 0.784. The van der Waals surface area contributed by atoms with Crippen LogP contribution in [-0.4, -0.2) is 25.8 Å². The first-order chi connectivity index (χ1) is 10.9. The Morgan fingerprint density at radius 1 is 1.30 bits per heavy atom. The summed E-state index contributed by atoms with van der Waals surface area (Å²) in [5.74, 6) is 0.705. The molecule has 0 amide bonds. The summed E-state index contributed by atoms with van der Waals surface area (Å²) in [5, 5.41) is 7.50. The van der Waals surface area contributed by atoms with Gasteiger partial charge in [-0.3, -0.25) is 4.68 Å². The van der Waals surface area contributed by atoms with Crippen molar-refractivity contribution in [2.45, 2.75) is 52.2 Å². The highest BCUT2D eigenvalue weighted by Gasteiger charge is 2.16. The van der Waals surface area contributed by atoms with E-state index in [-0.39, 0.29) is 11.5 Å². The van der Waals surface area contributed by atoms with E-state index >= 15 is 0 Å². The first kappa shape index (κ1) is 15.7. The van der Waals surface area contributed by atoms with Crippen LogP contribution in [-0.2, 0) is 18.5 Å². The van der Waals surface area contributed by atoms with Gasteiger partial charge in [0, 0.05) is 6.04 Å². The van der Waals surface area contributed by atoms with Crippen molar-refractivity contribution in [1.29, 1.82) is 0 Å². The summed E-state index contributed by atoms with van der Waals surface area (Å²) in [7, 11) is 0. The molecule has 0 fully saturated rings. The van der Waals surface area contributed by atoms with Crippen molar-refractivity contribution in [2.75, 3.05) is 0 Å². The first-order valence-corrected chi connectivity index (χ1v) is 7.87. The largest absolute Gasteiger partial charge is 0.439 e. The van der Waals surface area contributed by atoms with E-state index in [0.29, 0.717) is 12.4 Å². The molecule has 0 unspecified atom stereocenters. The van der Waals surface area contributed by atoms with Crippen LogP contribution in [0.1, 0.15) is 39.1 Å². The van der Waals surface area contributed by atoms with E-state index in [1.807, 2.05) is 6.07 Å². The molecule has 6 nitrogen and oxygen atoms in total. The minimum atomic E-state index is 0.109. The monoisotopic (exact) mass is 313 g/mol. The fourth-order valence-electron chi connectivity index (χ4n) is 2.45. The summed E-state index contributed by atoms with van der Waals surface area (Å²) in [4.78, 5) is 8.54. The first-order valence-electron chi connectivity index (χ1n) is 7.87. The van der Waals surface area contributed by atoms with E-state index in [0.717, 1.165) is 17.6 Å². The highest BCUT2D eigenvalue weighted by atomic mass is 16.3. The summed E-state index contributed by atoms with van der Waals surface area (Å²) >= 11 is 0. The van der Waals surface area contributed by atoms with E-state index in [1.165, 1.54) is 5.56 Å². The van der Waals surface area contributed by atoms with Gasteiger partial charge >= 0.3 is 0 Å². The van der Waals surface area contributed by atoms with Crippen molar-refractivity contribution in [3.63, 3.8) is 0 Å². The van der Waals surface area contributed by atoms with Gasteiger partial charge in [0.25, 0.3) is 0 Å². The third-order valence-electron chi connectivity index (χ3n) is 3.83. The summed E-state index contributed by atoms with van der Waals surface area (Å²) in [5.41, 5.74) is 3.12. The number of hydrogen-bond donors (Lipinski definition) is 1. The van der Waals surface area contributed by atoms with Gasteiger partial charge in [0.15, 0.2) is 5.58 Å². The molecule has 0 spiro atoms. The lowest BCUT2D eigenvalue weighted by Crippen LogP contribution is -2.30. The second-order valence-electron chi connectivity index (χ2n) is 6.94. The number of nitrogens with one attached hydrogen (secondary N) is 1. The standard InChI is InChI=1S/C17H23N5O/c1-12(9-22-11-18-10-20-22)19-8-16-21-14-7-13(17(2,3)4)5-6-15(14)23-16/h5-7,10-12,19H,8-9H2,1-4H3/t12-/m0/s1. The molecule has 0 saturated carbocycles. The molecule has 1 atom stereocenters. The van der Waals surface area contributed by atoms with E-state index < -0.39 is 0 Å². The molecule has 0 aliphatic carbocycles. The predicted octanol–water partition coefficient (Wildman–Crippen LogP) is 2.90. The topological polar surface area (TPSA) is 68.8 Å². The normalized spacial score (nSPS) is 13.6. The molecule has 1 N–H and O–H groups in total. The Balaban J connectivity index is 1.66. The molecule has 0 aliphatic rings. The zero-order valence-electron chi connectivity index (χ0n) is 14.1. The Bertz CT molecular complexity index is 770.